The first kappa shape index (κ1) is 17.2. The maximum atomic E-state index is 13.0. The van der Waals surface area contributed by atoms with E-state index < -0.39 is 17.2 Å². The standard InChI is InChI=1S/C18H21N3O4/c1-12-7-3-4-8-14(12)21-16(22)13(11-20-9-5-2-6-10-20)15(17(23)24)19-18(21)25/h3-4,7-8H,2,5-6,9-11H2,1H3,(H,19,25)(H,23,24). The Morgan fingerprint density at radius 2 is 1.84 bits per heavy atom. The van der Waals surface area contributed by atoms with Crippen molar-refractivity contribution in [2.75, 3.05) is 13.1 Å². The van der Waals surface area contributed by atoms with Gasteiger partial charge in [-0.3, -0.25) is 9.69 Å². The van der Waals surface area contributed by atoms with E-state index in [1.165, 1.54) is 0 Å². The number of H-pyrrole nitrogens is 1. The molecular weight excluding hydrogens is 322 g/mol. The van der Waals surface area contributed by atoms with Crippen molar-refractivity contribution < 1.29 is 9.90 Å². The number of nitrogens with zero attached hydrogens (tertiary/aromatic N) is 2. The molecule has 0 unspecified atom stereocenters. The molecular formula is C18H21N3O4. The first-order chi connectivity index (χ1) is 12.0. The van der Waals surface area contributed by atoms with Crippen LogP contribution in [-0.4, -0.2) is 38.6 Å². The van der Waals surface area contributed by atoms with Crippen molar-refractivity contribution in [1.82, 2.24) is 14.5 Å². The summed E-state index contributed by atoms with van der Waals surface area (Å²) in [5.41, 5.74) is -0.268. The number of likely N-dealkylation sites (tertiary alicyclic amines) is 1. The molecule has 1 fully saturated rings. The normalized spacial score (nSPS) is 15.2. The molecule has 0 saturated carbocycles. The number of benzene rings is 1. The Labute approximate surface area is 144 Å². The Bertz CT molecular complexity index is 907. The van der Waals surface area contributed by atoms with E-state index in [1.807, 2.05) is 6.07 Å². The third kappa shape index (κ3) is 3.41. The Hall–Kier alpha value is -2.67. The molecule has 1 aliphatic heterocycles. The van der Waals surface area contributed by atoms with Gasteiger partial charge in [0.25, 0.3) is 5.56 Å². The number of carbonyl (C=O) groups is 1. The Balaban J connectivity index is 2.16. The predicted molar refractivity (Wildman–Crippen MR) is 93.5 cm³/mol. The first-order valence-corrected chi connectivity index (χ1v) is 8.39. The van der Waals surface area contributed by atoms with Gasteiger partial charge in [-0.25, -0.2) is 14.2 Å². The number of aromatic nitrogens is 2. The second-order valence-electron chi connectivity index (χ2n) is 6.35. The van der Waals surface area contributed by atoms with Crippen LogP contribution in [0.5, 0.6) is 0 Å². The van der Waals surface area contributed by atoms with Crippen LogP contribution in [0.1, 0.15) is 40.9 Å². The van der Waals surface area contributed by atoms with Gasteiger partial charge >= 0.3 is 11.7 Å². The maximum absolute atomic E-state index is 13.0. The van der Waals surface area contributed by atoms with E-state index in [1.54, 1.807) is 25.1 Å². The molecule has 25 heavy (non-hydrogen) atoms. The van der Waals surface area contributed by atoms with E-state index in [9.17, 15) is 19.5 Å². The summed E-state index contributed by atoms with van der Waals surface area (Å²) < 4.78 is 1.03. The third-order valence-corrected chi connectivity index (χ3v) is 4.60. The molecule has 1 saturated heterocycles. The summed E-state index contributed by atoms with van der Waals surface area (Å²) in [7, 11) is 0. The molecule has 1 aromatic carbocycles. The van der Waals surface area contributed by atoms with Gasteiger partial charge in [-0.1, -0.05) is 24.6 Å². The van der Waals surface area contributed by atoms with Gasteiger partial charge < -0.3 is 10.1 Å². The van der Waals surface area contributed by atoms with Crippen molar-refractivity contribution in [2.45, 2.75) is 32.7 Å². The summed E-state index contributed by atoms with van der Waals surface area (Å²) in [6.45, 7) is 3.67. The number of aryl methyl sites for hydroxylation is 1. The number of aromatic carboxylic acids is 1. The van der Waals surface area contributed by atoms with Crippen LogP contribution in [0, 0.1) is 6.92 Å². The molecule has 7 nitrogen and oxygen atoms in total. The van der Waals surface area contributed by atoms with Gasteiger partial charge in [0.15, 0.2) is 0 Å². The van der Waals surface area contributed by atoms with Crippen molar-refractivity contribution in [3.63, 3.8) is 0 Å². The van der Waals surface area contributed by atoms with Crippen LogP contribution in [-0.2, 0) is 6.54 Å². The zero-order valence-electron chi connectivity index (χ0n) is 14.1. The van der Waals surface area contributed by atoms with Gasteiger partial charge in [-0.15, -0.1) is 0 Å². The lowest BCUT2D eigenvalue weighted by atomic mass is 10.1. The third-order valence-electron chi connectivity index (χ3n) is 4.60. The van der Waals surface area contributed by atoms with Gasteiger partial charge in [-0.2, -0.15) is 0 Å². The van der Waals surface area contributed by atoms with Crippen LogP contribution >= 0.6 is 0 Å². The van der Waals surface area contributed by atoms with Gasteiger partial charge in [0.1, 0.15) is 5.69 Å². The highest BCUT2D eigenvalue weighted by molar-refractivity contribution is 5.86. The molecule has 132 valence electrons. The zero-order valence-corrected chi connectivity index (χ0v) is 14.1. The highest BCUT2D eigenvalue weighted by Crippen LogP contribution is 2.14. The second-order valence-corrected chi connectivity index (χ2v) is 6.35. The minimum Gasteiger partial charge on any atom is -0.477 e. The number of rotatable bonds is 4. The van der Waals surface area contributed by atoms with Crippen LogP contribution in [0.15, 0.2) is 33.9 Å². The lowest BCUT2D eigenvalue weighted by Gasteiger charge is -2.26. The van der Waals surface area contributed by atoms with Crippen molar-refractivity contribution >= 4 is 5.97 Å². The molecule has 0 radical (unpaired) electrons. The lowest BCUT2D eigenvalue weighted by Crippen LogP contribution is -2.41. The SMILES string of the molecule is Cc1ccccc1-n1c(=O)[nH]c(C(=O)O)c(CN2CCCCC2)c1=O. The predicted octanol–water partition coefficient (Wildman–Crippen LogP) is 1.52. The number of carboxylic acid groups (broad SMARTS) is 1. The van der Waals surface area contributed by atoms with Crippen molar-refractivity contribution in [3.05, 3.63) is 61.9 Å². The average molecular weight is 343 g/mol. The van der Waals surface area contributed by atoms with Crippen molar-refractivity contribution in [2.24, 2.45) is 0 Å². The fraction of sp³-hybridized carbons (Fsp3) is 0.389. The van der Waals surface area contributed by atoms with Crippen LogP contribution in [0.2, 0.25) is 0 Å². The maximum Gasteiger partial charge on any atom is 0.352 e. The highest BCUT2D eigenvalue weighted by Gasteiger charge is 2.23. The summed E-state index contributed by atoms with van der Waals surface area (Å²) in [5, 5.41) is 9.42. The highest BCUT2D eigenvalue weighted by atomic mass is 16.4. The van der Waals surface area contributed by atoms with Gasteiger partial charge in [-0.05, 0) is 44.5 Å². The van der Waals surface area contributed by atoms with E-state index in [4.69, 9.17) is 0 Å². The quantitative estimate of drug-likeness (QED) is 0.877. The van der Waals surface area contributed by atoms with Crippen LogP contribution in [0.3, 0.4) is 0 Å². The summed E-state index contributed by atoms with van der Waals surface area (Å²) in [6.07, 6.45) is 3.19. The molecule has 2 heterocycles. The number of aromatic amines is 1. The van der Waals surface area contributed by atoms with E-state index >= 15 is 0 Å². The molecule has 1 aromatic heterocycles. The van der Waals surface area contributed by atoms with Crippen molar-refractivity contribution in [3.8, 4) is 5.69 Å². The Morgan fingerprint density at radius 1 is 1.16 bits per heavy atom. The molecule has 2 N–H and O–H groups in total. The second kappa shape index (κ2) is 7.06. The molecule has 0 atom stereocenters. The van der Waals surface area contributed by atoms with E-state index in [0.29, 0.717) is 5.69 Å². The van der Waals surface area contributed by atoms with E-state index in [2.05, 4.69) is 9.88 Å². The summed E-state index contributed by atoms with van der Waals surface area (Å²) in [5.74, 6) is -1.29. The molecule has 0 bridgehead atoms. The molecule has 0 spiro atoms. The number of para-hydroxylation sites is 1. The number of piperidine rings is 1. The molecule has 3 rings (SSSR count). The number of nitrogens with one attached hydrogen (secondary N) is 1. The first-order valence-electron chi connectivity index (χ1n) is 8.39. The molecule has 7 heteroatoms. The Morgan fingerprint density at radius 3 is 2.48 bits per heavy atom. The fourth-order valence-corrected chi connectivity index (χ4v) is 3.28. The largest absolute Gasteiger partial charge is 0.477 e. The van der Waals surface area contributed by atoms with E-state index in [0.717, 1.165) is 42.5 Å². The summed E-state index contributed by atoms with van der Waals surface area (Å²) in [6, 6.07) is 7.04. The monoisotopic (exact) mass is 343 g/mol. The molecule has 0 amide bonds. The summed E-state index contributed by atoms with van der Waals surface area (Å²) in [4.78, 5) is 41.4. The minimum absolute atomic E-state index is 0.122. The van der Waals surface area contributed by atoms with Crippen LogP contribution < -0.4 is 11.2 Å². The summed E-state index contributed by atoms with van der Waals surface area (Å²) >= 11 is 0. The average Bonchev–Trinajstić information content (AvgIpc) is 2.59. The number of hydrogen-bond acceptors (Lipinski definition) is 4. The van der Waals surface area contributed by atoms with Gasteiger partial charge in [0.2, 0.25) is 0 Å². The van der Waals surface area contributed by atoms with E-state index in [-0.39, 0.29) is 17.8 Å². The number of carboxylic acids is 1. The van der Waals surface area contributed by atoms with Crippen LogP contribution in [0.25, 0.3) is 5.69 Å². The van der Waals surface area contributed by atoms with Gasteiger partial charge in [0, 0.05) is 6.54 Å². The topological polar surface area (TPSA) is 95.4 Å². The smallest absolute Gasteiger partial charge is 0.352 e. The van der Waals surface area contributed by atoms with Crippen molar-refractivity contribution in [1.29, 1.82) is 0 Å². The molecule has 2 aromatic rings. The van der Waals surface area contributed by atoms with Gasteiger partial charge in [0.05, 0.1) is 11.3 Å². The lowest BCUT2D eigenvalue weighted by molar-refractivity contribution is 0.0686. The van der Waals surface area contributed by atoms with Crippen LogP contribution in [0.4, 0.5) is 0 Å². The Kier molecular flexibility index (Phi) is 4.85. The zero-order chi connectivity index (χ0) is 18.0. The number of hydrogen-bond donors (Lipinski definition) is 2. The molecule has 0 aliphatic carbocycles. The fourth-order valence-electron chi connectivity index (χ4n) is 3.28. The molecule has 1 aliphatic rings. The minimum atomic E-state index is -1.29.